The van der Waals surface area contributed by atoms with Gasteiger partial charge in [0.2, 0.25) is 5.28 Å². The van der Waals surface area contributed by atoms with Crippen LogP contribution in [0.25, 0.3) is 10.2 Å². The van der Waals surface area contributed by atoms with Crippen molar-refractivity contribution in [3.8, 4) is 0 Å². The first-order valence-corrected chi connectivity index (χ1v) is 8.15. The van der Waals surface area contributed by atoms with Crippen molar-refractivity contribution in [1.29, 1.82) is 0 Å². The van der Waals surface area contributed by atoms with Crippen molar-refractivity contribution >= 4 is 50.3 Å². The Hall–Kier alpha value is -1.21. The zero-order valence-electron chi connectivity index (χ0n) is 10.6. The molecule has 0 aliphatic carbocycles. The fourth-order valence-corrected chi connectivity index (χ4v) is 3.73. The van der Waals surface area contributed by atoms with E-state index < -0.39 is 6.10 Å². The van der Waals surface area contributed by atoms with Crippen molar-refractivity contribution in [2.75, 3.05) is 11.9 Å². The van der Waals surface area contributed by atoms with Gasteiger partial charge >= 0.3 is 0 Å². The molecule has 1 atom stereocenters. The smallest absolute Gasteiger partial charge is 0.225 e. The maximum absolute atomic E-state index is 10.1. The molecule has 3 rings (SSSR count). The van der Waals surface area contributed by atoms with Crippen LogP contribution < -0.4 is 5.32 Å². The second-order valence-corrected chi connectivity index (χ2v) is 6.72. The summed E-state index contributed by atoms with van der Waals surface area (Å²) in [6, 6.07) is 3.93. The Balaban J connectivity index is 1.83. The molecular weight excluding hydrogens is 314 g/mol. The SMILES string of the molecule is Cc1cc2c(NCC(O)c3ccsc3)nc(Cl)nc2s1. The number of hydrogen-bond donors (Lipinski definition) is 2. The van der Waals surface area contributed by atoms with E-state index in [4.69, 9.17) is 11.6 Å². The molecule has 4 nitrogen and oxygen atoms in total. The first-order valence-electron chi connectivity index (χ1n) is 6.01. The molecule has 104 valence electrons. The molecule has 3 aromatic rings. The van der Waals surface area contributed by atoms with Gasteiger partial charge in [0.15, 0.2) is 0 Å². The number of aromatic nitrogens is 2. The van der Waals surface area contributed by atoms with Gasteiger partial charge in [-0.25, -0.2) is 9.97 Å². The van der Waals surface area contributed by atoms with E-state index in [1.807, 2.05) is 29.8 Å². The Morgan fingerprint density at radius 2 is 2.30 bits per heavy atom. The zero-order chi connectivity index (χ0) is 14.1. The Morgan fingerprint density at radius 3 is 3.05 bits per heavy atom. The molecule has 3 heterocycles. The monoisotopic (exact) mass is 325 g/mol. The third-order valence-electron chi connectivity index (χ3n) is 2.88. The Kier molecular flexibility index (Phi) is 3.89. The molecule has 1 unspecified atom stereocenters. The van der Waals surface area contributed by atoms with Crippen LogP contribution in [0.15, 0.2) is 22.9 Å². The number of nitrogens with zero attached hydrogens (tertiary/aromatic N) is 2. The minimum Gasteiger partial charge on any atom is -0.387 e. The lowest BCUT2D eigenvalue weighted by molar-refractivity contribution is 0.192. The molecule has 20 heavy (non-hydrogen) atoms. The summed E-state index contributed by atoms with van der Waals surface area (Å²) in [4.78, 5) is 10.4. The minimum absolute atomic E-state index is 0.215. The lowest BCUT2D eigenvalue weighted by Gasteiger charge is -2.11. The van der Waals surface area contributed by atoms with Gasteiger partial charge in [-0.3, -0.25) is 0 Å². The van der Waals surface area contributed by atoms with Gasteiger partial charge in [0, 0.05) is 11.4 Å². The van der Waals surface area contributed by atoms with Crippen LogP contribution in [0.2, 0.25) is 5.28 Å². The quantitative estimate of drug-likeness (QED) is 0.715. The van der Waals surface area contributed by atoms with Crippen LogP contribution in [0.1, 0.15) is 16.5 Å². The first-order chi connectivity index (χ1) is 9.63. The number of anilines is 1. The number of nitrogens with one attached hydrogen (secondary N) is 1. The number of aryl methyl sites for hydroxylation is 1. The maximum Gasteiger partial charge on any atom is 0.225 e. The predicted octanol–water partition coefficient (Wildman–Crippen LogP) is 3.86. The zero-order valence-corrected chi connectivity index (χ0v) is 13.0. The van der Waals surface area contributed by atoms with Gasteiger partial charge in [-0.1, -0.05) is 0 Å². The van der Waals surface area contributed by atoms with Crippen LogP contribution in [-0.2, 0) is 0 Å². The van der Waals surface area contributed by atoms with E-state index in [1.54, 1.807) is 22.7 Å². The van der Waals surface area contributed by atoms with Crippen LogP contribution >= 0.6 is 34.3 Å². The van der Waals surface area contributed by atoms with Gasteiger partial charge in [0.25, 0.3) is 0 Å². The number of rotatable bonds is 4. The molecule has 0 aliphatic rings. The molecule has 0 saturated heterocycles. The highest BCUT2D eigenvalue weighted by Gasteiger charge is 2.12. The number of aliphatic hydroxyl groups excluding tert-OH is 1. The average molecular weight is 326 g/mol. The van der Waals surface area contributed by atoms with E-state index >= 15 is 0 Å². The second-order valence-electron chi connectivity index (χ2n) is 4.37. The molecule has 3 aromatic heterocycles. The standard InChI is InChI=1S/C13H12ClN3OS2/c1-7-4-9-11(16-13(14)17-12(9)20-7)15-5-10(18)8-2-3-19-6-8/h2-4,6,10,18H,5H2,1H3,(H,15,16,17). The van der Waals surface area contributed by atoms with Gasteiger partial charge < -0.3 is 10.4 Å². The third kappa shape index (κ3) is 2.78. The van der Waals surface area contributed by atoms with Crippen molar-refractivity contribution in [2.24, 2.45) is 0 Å². The lowest BCUT2D eigenvalue weighted by Crippen LogP contribution is -2.12. The summed E-state index contributed by atoms with van der Waals surface area (Å²) in [5.41, 5.74) is 0.903. The highest BCUT2D eigenvalue weighted by molar-refractivity contribution is 7.18. The van der Waals surface area contributed by atoms with Gasteiger partial charge in [-0.15, -0.1) is 11.3 Å². The molecule has 0 spiro atoms. The van der Waals surface area contributed by atoms with Gasteiger partial charge in [-0.2, -0.15) is 11.3 Å². The number of aliphatic hydroxyl groups is 1. The molecular formula is C13H12ClN3OS2. The van der Waals surface area contributed by atoms with Crippen LogP contribution in [0.5, 0.6) is 0 Å². The molecule has 0 radical (unpaired) electrons. The van der Waals surface area contributed by atoms with E-state index in [0.29, 0.717) is 12.4 Å². The molecule has 0 bridgehead atoms. The van der Waals surface area contributed by atoms with Crippen LogP contribution in [0.3, 0.4) is 0 Å². The fourth-order valence-electron chi connectivity index (χ4n) is 1.93. The number of halogens is 1. The van der Waals surface area contributed by atoms with E-state index in [9.17, 15) is 5.11 Å². The summed E-state index contributed by atoms with van der Waals surface area (Å²) in [7, 11) is 0. The first kappa shape index (κ1) is 13.8. The van der Waals surface area contributed by atoms with Crippen molar-refractivity contribution < 1.29 is 5.11 Å². The normalized spacial score (nSPS) is 12.8. The van der Waals surface area contributed by atoms with Crippen molar-refractivity contribution in [3.05, 3.63) is 38.6 Å². The van der Waals surface area contributed by atoms with Gasteiger partial charge in [0.05, 0.1) is 11.5 Å². The molecule has 0 fully saturated rings. The molecule has 0 amide bonds. The maximum atomic E-state index is 10.1. The summed E-state index contributed by atoms with van der Waals surface area (Å²) in [5, 5.41) is 18.3. The summed E-state index contributed by atoms with van der Waals surface area (Å²) in [6.07, 6.45) is -0.565. The molecule has 0 saturated carbocycles. The highest BCUT2D eigenvalue weighted by Crippen LogP contribution is 2.30. The Morgan fingerprint density at radius 1 is 1.45 bits per heavy atom. The molecule has 0 aliphatic heterocycles. The van der Waals surface area contributed by atoms with Crippen molar-refractivity contribution in [1.82, 2.24) is 9.97 Å². The number of hydrogen-bond acceptors (Lipinski definition) is 6. The average Bonchev–Trinajstić information content (AvgIpc) is 3.03. The number of thiophene rings is 2. The summed E-state index contributed by atoms with van der Waals surface area (Å²) < 4.78 is 0. The van der Waals surface area contributed by atoms with E-state index in [2.05, 4.69) is 15.3 Å². The summed E-state index contributed by atoms with van der Waals surface area (Å²) >= 11 is 9.07. The Labute approximate surface area is 129 Å². The van der Waals surface area contributed by atoms with Crippen LogP contribution in [-0.4, -0.2) is 21.6 Å². The predicted molar refractivity (Wildman–Crippen MR) is 84.9 cm³/mol. The lowest BCUT2D eigenvalue weighted by atomic mass is 10.2. The third-order valence-corrected chi connectivity index (χ3v) is 4.69. The molecule has 0 aromatic carbocycles. The van der Waals surface area contributed by atoms with E-state index in [0.717, 1.165) is 20.7 Å². The molecule has 7 heteroatoms. The highest BCUT2D eigenvalue weighted by atomic mass is 35.5. The van der Waals surface area contributed by atoms with Crippen molar-refractivity contribution in [3.63, 3.8) is 0 Å². The van der Waals surface area contributed by atoms with Gasteiger partial charge in [0.1, 0.15) is 10.6 Å². The van der Waals surface area contributed by atoms with Crippen LogP contribution in [0.4, 0.5) is 5.82 Å². The van der Waals surface area contributed by atoms with Gasteiger partial charge in [-0.05, 0) is 47.0 Å². The molecule has 2 N–H and O–H groups in total. The largest absolute Gasteiger partial charge is 0.387 e. The van der Waals surface area contributed by atoms with Crippen molar-refractivity contribution in [2.45, 2.75) is 13.0 Å². The van der Waals surface area contributed by atoms with E-state index in [-0.39, 0.29) is 5.28 Å². The van der Waals surface area contributed by atoms with Crippen LogP contribution in [0, 0.1) is 6.92 Å². The summed E-state index contributed by atoms with van der Waals surface area (Å²) in [5.74, 6) is 0.665. The number of fused-ring (bicyclic) bond motifs is 1. The fraction of sp³-hybridized carbons (Fsp3) is 0.231. The summed E-state index contributed by atoms with van der Waals surface area (Å²) in [6.45, 7) is 2.40. The Bertz CT molecular complexity index is 727. The van der Waals surface area contributed by atoms with E-state index in [1.165, 1.54) is 0 Å². The minimum atomic E-state index is -0.565. The topological polar surface area (TPSA) is 58.0 Å². The second kappa shape index (κ2) is 5.65.